The number of fused-ring (bicyclic) bond motifs is 9. The van der Waals surface area contributed by atoms with Crippen molar-refractivity contribution in [3.63, 3.8) is 0 Å². The first-order valence-corrected chi connectivity index (χ1v) is 16.9. The largest absolute Gasteiger partial charge is 0.456 e. The second-order valence-electron chi connectivity index (χ2n) is 13.0. The maximum atomic E-state index is 9.54. The Hall–Kier alpha value is -6.70. The fourth-order valence-electron chi connectivity index (χ4n) is 8.03. The standard InChI is InChI=1S/C50H30O/c1-4-16-36-31(12-1)15-11-23-39(36)49-42-21-9-7-19-40(42)48(41-20-8-10-22-43(41)49)35-28-33-14-3-5-17-37(33)44(30-35)34-25-26-46-45(29-34)50-38-18-6-2-13-32(38)24-27-47(50)51-46/h1-30H/i7D,8D,9D,10D,19D,20D,21D,22D. The van der Waals surface area contributed by atoms with Crippen molar-refractivity contribution in [2.75, 3.05) is 0 Å². The van der Waals surface area contributed by atoms with E-state index in [9.17, 15) is 5.48 Å². The SMILES string of the molecule is [2H]c1c([2H])c([2H])c2c(-c3cccc4ccccc34)c3c([2H])c([2H])c([2H])c([2H])c3c(-c3cc(-c4ccc5oc6ccc7ccccc7c6c5c4)c4ccccc4c3)c2c1[2H]. The monoisotopic (exact) mass is 654 g/mol. The molecule has 0 saturated heterocycles. The summed E-state index contributed by atoms with van der Waals surface area (Å²) in [4.78, 5) is 0. The third-order valence-electron chi connectivity index (χ3n) is 10.3. The number of hydrogen-bond acceptors (Lipinski definition) is 1. The van der Waals surface area contributed by atoms with Gasteiger partial charge in [-0.05, 0) is 118 Å². The molecule has 0 atom stereocenters. The molecule has 11 rings (SSSR count). The smallest absolute Gasteiger partial charge is 0.136 e. The van der Waals surface area contributed by atoms with Gasteiger partial charge >= 0.3 is 0 Å². The molecule has 1 heteroatoms. The summed E-state index contributed by atoms with van der Waals surface area (Å²) in [6.07, 6.45) is 0. The molecule has 0 spiro atoms. The topological polar surface area (TPSA) is 13.1 Å². The van der Waals surface area contributed by atoms with E-state index in [0.29, 0.717) is 22.3 Å². The number of furan rings is 1. The van der Waals surface area contributed by atoms with E-state index in [0.717, 1.165) is 65.4 Å². The maximum absolute atomic E-state index is 9.54. The van der Waals surface area contributed by atoms with E-state index >= 15 is 0 Å². The number of hydrogen-bond donors (Lipinski definition) is 0. The van der Waals surface area contributed by atoms with Gasteiger partial charge in [-0.3, -0.25) is 0 Å². The van der Waals surface area contributed by atoms with Crippen LogP contribution >= 0.6 is 0 Å². The quantitative estimate of drug-likeness (QED) is 0.173. The van der Waals surface area contributed by atoms with E-state index in [1.54, 1.807) is 0 Å². The lowest BCUT2D eigenvalue weighted by Gasteiger charge is -2.20. The van der Waals surface area contributed by atoms with Crippen LogP contribution < -0.4 is 0 Å². The summed E-state index contributed by atoms with van der Waals surface area (Å²) in [5.41, 5.74) is 5.05. The van der Waals surface area contributed by atoms with Gasteiger partial charge in [-0.25, -0.2) is 0 Å². The van der Waals surface area contributed by atoms with Gasteiger partial charge in [0.15, 0.2) is 0 Å². The van der Waals surface area contributed by atoms with E-state index in [2.05, 4.69) is 24.3 Å². The van der Waals surface area contributed by atoms with E-state index in [1.807, 2.05) is 109 Å². The molecule has 236 valence electrons. The fourth-order valence-corrected chi connectivity index (χ4v) is 8.03. The van der Waals surface area contributed by atoms with Crippen LogP contribution in [0.3, 0.4) is 0 Å². The van der Waals surface area contributed by atoms with E-state index in [-0.39, 0.29) is 45.7 Å². The van der Waals surface area contributed by atoms with Crippen LogP contribution in [0.25, 0.3) is 109 Å². The summed E-state index contributed by atoms with van der Waals surface area (Å²) in [5.74, 6) is 0. The lowest BCUT2D eigenvalue weighted by molar-refractivity contribution is 0.669. The summed E-state index contributed by atoms with van der Waals surface area (Å²) in [6.45, 7) is 0. The van der Waals surface area contributed by atoms with Gasteiger partial charge in [-0.1, -0.05) is 151 Å². The Balaban J connectivity index is 1.33. The van der Waals surface area contributed by atoms with Gasteiger partial charge in [0.2, 0.25) is 0 Å². The molecule has 0 unspecified atom stereocenters. The van der Waals surface area contributed by atoms with Crippen molar-refractivity contribution in [1.82, 2.24) is 0 Å². The molecule has 0 radical (unpaired) electrons. The Morgan fingerprint density at radius 2 is 0.922 bits per heavy atom. The van der Waals surface area contributed by atoms with Crippen LogP contribution in [0.4, 0.5) is 0 Å². The van der Waals surface area contributed by atoms with Crippen molar-refractivity contribution < 1.29 is 15.4 Å². The molecular weight excluding hydrogens is 617 g/mol. The Bertz CT molecular complexity index is 3580. The highest BCUT2D eigenvalue weighted by atomic mass is 16.3. The Morgan fingerprint density at radius 3 is 1.65 bits per heavy atom. The molecule has 0 N–H and O–H groups in total. The van der Waals surface area contributed by atoms with Crippen LogP contribution in [0.2, 0.25) is 0 Å². The molecule has 0 fully saturated rings. The summed E-state index contributed by atoms with van der Waals surface area (Å²) >= 11 is 0. The molecule has 0 aliphatic heterocycles. The van der Waals surface area contributed by atoms with Gasteiger partial charge in [-0.2, -0.15) is 0 Å². The lowest BCUT2D eigenvalue weighted by Crippen LogP contribution is -1.92. The Morgan fingerprint density at radius 1 is 0.353 bits per heavy atom. The van der Waals surface area contributed by atoms with Gasteiger partial charge in [0, 0.05) is 10.8 Å². The Labute approximate surface area is 305 Å². The molecule has 0 saturated carbocycles. The molecular formula is C50H30O. The molecule has 51 heavy (non-hydrogen) atoms. The molecule has 0 aliphatic carbocycles. The molecule has 11 aromatic rings. The normalized spacial score (nSPS) is 14.1. The van der Waals surface area contributed by atoms with Gasteiger partial charge in [0.05, 0.1) is 11.0 Å². The minimum Gasteiger partial charge on any atom is -0.456 e. The summed E-state index contributed by atoms with van der Waals surface area (Å²) < 4.78 is 80.1. The molecule has 1 heterocycles. The highest BCUT2D eigenvalue weighted by Crippen LogP contribution is 2.47. The van der Waals surface area contributed by atoms with Crippen LogP contribution in [0.15, 0.2) is 186 Å². The number of rotatable bonds is 3. The second kappa shape index (κ2) is 10.9. The molecule has 0 amide bonds. The minimum atomic E-state index is -0.432. The zero-order chi connectivity index (χ0) is 40.4. The van der Waals surface area contributed by atoms with E-state index < -0.39 is 24.2 Å². The van der Waals surface area contributed by atoms with Crippen molar-refractivity contribution >= 4 is 75.8 Å². The average molecular weight is 655 g/mol. The van der Waals surface area contributed by atoms with Crippen molar-refractivity contribution in [2.45, 2.75) is 0 Å². The van der Waals surface area contributed by atoms with Gasteiger partial charge in [0.1, 0.15) is 11.2 Å². The summed E-state index contributed by atoms with van der Waals surface area (Å²) in [5, 5.41) is 8.32. The van der Waals surface area contributed by atoms with Gasteiger partial charge in [-0.15, -0.1) is 0 Å². The number of benzene rings is 10. The van der Waals surface area contributed by atoms with Gasteiger partial charge in [0.25, 0.3) is 0 Å². The Kier molecular flexibility index (Phi) is 4.57. The third kappa shape index (κ3) is 4.22. The van der Waals surface area contributed by atoms with E-state index in [1.165, 1.54) is 0 Å². The highest BCUT2D eigenvalue weighted by Gasteiger charge is 2.20. The van der Waals surface area contributed by atoms with Crippen LogP contribution in [0, 0.1) is 0 Å². The first kappa shape index (κ1) is 21.4. The van der Waals surface area contributed by atoms with Crippen LogP contribution in [-0.2, 0) is 0 Å². The average Bonchev–Trinajstić information content (AvgIpc) is 3.66. The molecule has 10 aromatic carbocycles. The third-order valence-corrected chi connectivity index (χ3v) is 10.3. The molecule has 1 aromatic heterocycles. The first-order chi connectivity index (χ1) is 28.6. The second-order valence-corrected chi connectivity index (χ2v) is 13.0. The first-order valence-electron chi connectivity index (χ1n) is 20.9. The minimum absolute atomic E-state index is 0.181. The molecule has 0 bridgehead atoms. The van der Waals surface area contributed by atoms with Crippen LogP contribution in [0.5, 0.6) is 0 Å². The maximum Gasteiger partial charge on any atom is 0.136 e. The van der Waals surface area contributed by atoms with E-state index in [4.69, 9.17) is 9.90 Å². The van der Waals surface area contributed by atoms with Crippen molar-refractivity contribution in [3.05, 3.63) is 182 Å². The van der Waals surface area contributed by atoms with Crippen molar-refractivity contribution in [3.8, 4) is 33.4 Å². The molecule has 1 nitrogen and oxygen atoms in total. The fraction of sp³-hybridized carbons (Fsp3) is 0. The molecule has 0 aliphatic rings. The van der Waals surface area contributed by atoms with Gasteiger partial charge < -0.3 is 4.42 Å². The zero-order valence-electron chi connectivity index (χ0n) is 35.1. The predicted octanol–water partition coefficient (Wildman–Crippen LogP) is 14.4. The lowest BCUT2D eigenvalue weighted by atomic mass is 9.83. The zero-order valence-corrected chi connectivity index (χ0v) is 27.1. The highest BCUT2D eigenvalue weighted by molar-refractivity contribution is 6.24. The van der Waals surface area contributed by atoms with Crippen molar-refractivity contribution in [1.29, 1.82) is 0 Å². The van der Waals surface area contributed by atoms with Crippen LogP contribution in [-0.4, -0.2) is 0 Å². The summed E-state index contributed by atoms with van der Waals surface area (Å²) in [7, 11) is 0. The van der Waals surface area contributed by atoms with Crippen molar-refractivity contribution in [2.24, 2.45) is 0 Å². The predicted molar refractivity (Wildman–Crippen MR) is 218 cm³/mol. The van der Waals surface area contributed by atoms with Crippen LogP contribution in [0.1, 0.15) is 11.0 Å². The summed E-state index contributed by atoms with van der Waals surface area (Å²) in [6, 6.07) is 40.7.